The van der Waals surface area contributed by atoms with Gasteiger partial charge in [-0.3, -0.25) is 4.79 Å². The average molecular weight is 383 g/mol. The number of carbonyl (C=O) groups is 1. The van der Waals surface area contributed by atoms with Gasteiger partial charge in [0.05, 0.1) is 13.5 Å². The zero-order valence-corrected chi connectivity index (χ0v) is 15.3. The van der Waals surface area contributed by atoms with Crippen molar-refractivity contribution < 1.29 is 9.53 Å². The number of benzene rings is 2. The summed E-state index contributed by atoms with van der Waals surface area (Å²) in [7, 11) is 1.60. The highest BCUT2D eigenvalue weighted by molar-refractivity contribution is 7.80. The molecule has 4 nitrogen and oxygen atoms in total. The van der Waals surface area contributed by atoms with E-state index >= 15 is 0 Å². The molecule has 0 bridgehead atoms. The third-order valence-electron chi connectivity index (χ3n) is 3.23. The maximum atomic E-state index is 12.0. The predicted octanol–water partition coefficient (Wildman–Crippen LogP) is 3.74. The second kappa shape index (κ2) is 8.87. The van der Waals surface area contributed by atoms with Crippen molar-refractivity contribution in [2.45, 2.75) is 13.0 Å². The Morgan fingerprint density at radius 3 is 2.50 bits per heavy atom. The van der Waals surface area contributed by atoms with Crippen LogP contribution in [-0.2, 0) is 17.8 Å². The van der Waals surface area contributed by atoms with Crippen LogP contribution < -0.4 is 15.4 Å². The molecular weight excluding hydrogens is 367 g/mol. The number of hydrogen-bond acceptors (Lipinski definition) is 3. The number of methoxy groups -OCH3 is 1. The molecule has 2 aromatic carbocycles. The van der Waals surface area contributed by atoms with Crippen LogP contribution in [0.25, 0.3) is 0 Å². The molecule has 2 N–H and O–H groups in total. The number of ether oxygens (including phenoxy) is 1. The summed E-state index contributed by atoms with van der Waals surface area (Å²) in [5.41, 5.74) is 1.71. The smallest absolute Gasteiger partial charge is 0.230 e. The van der Waals surface area contributed by atoms with Gasteiger partial charge in [-0.25, -0.2) is 0 Å². The highest BCUT2D eigenvalue weighted by atomic mass is 35.5. The van der Waals surface area contributed by atoms with Crippen molar-refractivity contribution in [1.29, 1.82) is 0 Å². The third-order valence-corrected chi connectivity index (χ3v) is 4.06. The van der Waals surface area contributed by atoms with Crippen molar-refractivity contribution in [2.75, 3.05) is 7.11 Å². The maximum absolute atomic E-state index is 12.0. The molecule has 2 aromatic rings. The first-order valence-electron chi connectivity index (χ1n) is 7.12. The lowest BCUT2D eigenvalue weighted by Crippen LogP contribution is -2.39. The molecule has 1 amide bonds. The minimum absolute atomic E-state index is 0.195. The quantitative estimate of drug-likeness (QED) is 0.773. The molecule has 24 heavy (non-hydrogen) atoms. The van der Waals surface area contributed by atoms with E-state index in [1.165, 1.54) is 0 Å². The van der Waals surface area contributed by atoms with E-state index in [1.807, 2.05) is 24.3 Å². The van der Waals surface area contributed by atoms with Gasteiger partial charge in [-0.05, 0) is 47.6 Å². The zero-order valence-electron chi connectivity index (χ0n) is 12.9. The third kappa shape index (κ3) is 5.67. The van der Waals surface area contributed by atoms with Crippen molar-refractivity contribution in [2.24, 2.45) is 0 Å². The molecule has 7 heteroatoms. The van der Waals surface area contributed by atoms with Gasteiger partial charge in [0.25, 0.3) is 0 Å². The first kappa shape index (κ1) is 18.5. The summed E-state index contributed by atoms with van der Waals surface area (Å²) in [5.74, 6) is 0.552. The van der Waals surface area contributed by atoms with Crippen LogP contribution in [0.4, 0.5) is 0 Å². The van der Waals surface area contributed by atoms with Crippen LogP contribution in [0.5, 0.6) is 5.75 Å². The van der Waals surface area contributed by atoms with E-state index in [-0.39, 0.29) is 17.4 Å². The van der Waals surface area contributed by atoms with Crippen LogP contribution in [0.3, 0.4) is 0 Å². The normalized spacial score (nSPS) is 10.1. The molecule has 0 unspecified atom stereocenters. The van der Waals surface area contributed by atoms with Crippen molar-refractivity contribution in [1.82, 2.24) is 10.6 Å². The molecule has 126 valence electrons. The topological polar surface area (TPSA) is 50.4 Å². The minimum Gasteiger partial charge on any atom is -0.497 e. The monoisotopic (exact) mass is 382 g/mol. The van der Waals surface area contributed by atoms with Crippen LogP contribution in [0, 0.1) is 0 Å². The molecule has 0 radical (unpaired) electrons. The highest BCUT2D eigenvalue weighted by Gasteiger charge is 2.07. The summed E-state index contributed by atoms with van der Waals surface area (Å²) in [6.07, 6.45) is 0.230. The summed E-state index contributed by atoms with van der Waals surface area (Å²) in [6.45, 7) is 0.400. The van der Waals surface area contributed by atoms with E-state index in [2.05, 4.69) is 10.6 Å². The van der Waals surface area contributed by atoms with Crippen LogP contribution in [0.15, 0.2) is 42.5 Å². The van der Waals surface area contributed by atoms with Crippen LogP contribution in [0.2, 0.25) is 10.0 Å². The molecule has 0 spiro atoms. The molecule has 0 aliphatic heterocycles. The van der Waals surface area contributed by atoms with Crippen molar-refractivity contribution in [3.8, 4) is 5.75 Å². The van der Waals surface area contributed by atoms with Crippen LogP contribution >= 0.6 is 35.4 Å². The SMILES string of the molecule is COc1ccc(CC(=O)NC(=S)NCc2ccc(Cl)cc2Cl)cc1. The number of thiocarbonyl (C=S) groups is 1. The number of hydrogen-bond donors (Lipinski definition) is 2. The number of carbonyl (C=O) groups excluding carboxylic acids is 1. The Labute approximate surface area is 156 Å². The lowest BCUT2D eigenvalue weighted by molar-refractivity contribution is -0.119. The Kier molecular flexibility index (Phi) is 6.85. The maximum Gasteiger partial charge on any atom is 0.230 e. The lowest BCUT2D eigenvalue weighted by atomic mass is 10.1. The first-order valence-corrected chi connectivity index (χ1v) is 8.29. The minimum atomic E-state index is -0.195. The van der Waals surface area contributed by atoms with E-state index < -0.39 is 0 Å². The molecule has 0 aliphatic rings. The summed E-state index contributed by atoms with van der Waals surface area (Å²) in [4.78, 5) is 12.0. The fraction of sp³-hybridized carbons (Fsp3) is 0.176. The van der Waals surface area contributed by atoms with Crippen LogP contribution in [0.1, 0.15) is 11.1 Å². The molecular formula is C17H16Cl2N2O2S. The molecule has 0 aromatic heterocycles. The molecule has 0 saturated carbocycles. The molecule has 0 fully saturated rings. The molecule has 2 rings (SSSR count). The van der Waals surface area contributed by atoms with Gasteiger partial charge in [-0.15, -0.1) is 0 Å². The van der Waals surface area contributed by atoms with Gasteiger partial charge in [0.15, 0.2) is 5.11 Å². The Bertz CT molecular complexity index is 736. The number of amides is 1. The Hall–Kier alpha value is -1.82. The summed E-state index contributed by atoms with van der Waals surface area (Å²) >= 11 is 17.1. The first-order chi connectivity index (χ1) is 11.5. The van der Waals surface area contributed by atoms with Gasteiger partial charge in [0, 0.05) is 16.6 Å². The molecule has 0 heterocycles. The van der Waals surface area contributed by atoms with Gasteiger partial charge in [-0.1, -0.05) is 41.4 Å². The van der Waals surface area contributed by atoms with Crippen molar-refractivity contribution >= 4 is 46.4 Å². The van der Waals surface area contributed by atoms with Gasteiger partial charge in [-0.2, -0.15) is 0 Å². The average Bonchev–Trinajstić information content (AvgIpc) is 2.54. The number of halogens is 2. The molecule has 0 atom stereocenters. The summed E-state index contributed by atoms with van der Waals surface area (Å²) in [5, 5.41) is 6.95. The van der Waals surface area contributed by atoms with E-state index in [9.17, 15) is 4.79 Å². The predicted molar refractivity (Wildman–Crippen MR) is 101 cm³/mol. The van der Waals surface area contributed by atoms with Gasteiger partial charge < -0.3 is 15.4 Å². The summed E-state index contributed by atoms with van der Waals surface area (Å²) in [6, 6.07) is 12.5. The molecule has 0 saturated heterocycles. The fourth-order valence-corrected chi connectivity index (χ4v) is 2.65. The largest absolute Gasteiger partial charge is 0.497 e. The standard InChI is InChI=1S/C17H16Cl2N2O2S/c1-23-14-6-2-11(3-7-14)8-16(22)21-17(24)20-10-12-4-5-13(18)9-15(12)19/h2-7,9H,8,10H2,1H3,(H2,20,21,22,24). The van der Waals surface area contributed by atoms with E-state index in [0.29, 0.717) is 16.6 Å². The number of nitrogens with one attached hydrogen (secondary N) is 2. The second-order valence-electron chi connectivity index (χ2n) is 4.99. The van der Waals surface area contributed by atoms with Gasteiger partial charge in [0.1, 0.15) is 5.75 Å². The zero-order chi connectivity index (χ0) is 17.5. The lowest BCUT2D eigenvalue weighted by Gasteiger charge is -2.11. The Morgan fingerprint density at radius 1 is 1.17 bits per heavy atom. The number of rotatable bonds is 5. The van der Waals surface area contributed by atoms with E-state index in [4.69, 9.17) is 40.2 Å². The second-order valence-corrected chi connectivity index (χ2v) is 6.24. The van der Waals surface area contributed by atoms with E-state index in [0.717, 1.165) is 16.9 Å². The molecule has 0 aliphatic carbocycles. The van der Waals surface area contributed by atoms with Crippen molar-refractivity contribution in [3.05, 3.63) is 63.6 Å². The van der Waals surface area contributed by atoms with E-state index in [1.54, 1.807) is 25.3 Å². The Morgan fingerprint density at radius 2 is 1.88 bits per heavy atom. The highest BCUT2D eigenvalue weighted by Crippen LogP contribution is 2.20. The van der Waals surface area contributed by atoms with Crippen LogP contribution in [-0.4, -0.2) is 18.1 Å². The van der Waals surface area contributed by atoms with Gasteiger partial charge >= 0.3 is 0 Å². The van der Waals surface area contributed by atoms with Crippen molar-refractivity contribution in [3.63, 3.8) is 0 Å². The summed E-state index contributed by atoms with van der Waals surface area (Å²) < 4.78 is 5.08. The fourth-order valence-electron chi connectivity index (χ4n) is 1.98. The van der Waals surface area contributed by atoms with Gasteiger partial charge in [0.2, 0.25) is 5.91 Å². The Balaban J connectivity index is 1.81.